The van der Waals surface area contributed by atoms with Crippen molar-refractivity contribution in [3.05, 3.63) is 118 Å². The lowest BCUT2D eigenvalue weighted by Gasteiger charge is -2.13. The number of nitrogens with one attached hydrogen (secondary N) is 2. The number of hydrogen-bond donors (Lipinski definition) is 2. The van der Waals surface area contributed by atoms with Crippen molar-refractivity contribution in [1.29, 1.82) is 0 Å². The van der Waals surface area contributed by atoms with Crippen LogP contribution in [0.2, 0.25) is 10.0 Å². The average molecular weight is 561 g/mol. The van der Waals surface area contributed by atoms with E-state index in [9.17, 15) is 18.4 Å². The first-order chi connectivity index (χ1) is 17.3. The van der Waals surface area contributed by atoms with Crippen molar-refractivity contribution >= 4 is 68.0 Å². The van der Waals surface area contributed by atoms with Crippen molar-refractivity contribution < 1.29 is 18.4 Å². The summed E-state index contributed by atoms with van der Waals surface area (Å²) in [4.78, 5) is 27.0. The summed E-state index contributed by atoms with van der Waals surface area (Å²) < 4.78 is 28.3. The van der Waals surface area contributed by atoms with Gasteiger partial charge in [0.2, 0.25) is 0 Å². The highest BCUT2D eigenvalue weighted by molar-refractivity contribution is 8.76. The second-order valence-electron chi connectivity index (χ2n) is 7.26. The standard InChI is InChI=1S/C26H16Cl2F2N2O2S2/c27-17-9-5-11-19(29)23(17)31-25(33)15-7-1-3-13-21(15)35-36-22-14-4-2-8-16(22)26(34)32-24-18(28)10-6-12-20(24)30/h1-14H,(H,31,33)(H,32,34). The molecule has 0 radical (unpaired) electrons. The zero-order chi connectivity index (χ0) is 25.7. The number of benzene rings is 4. The van der Waals surface area contributed by atoms with E-state index in [0.29, 0.717) is 20.9 Å². The zero-order valence-corrected chi connectivity index (χ0v) is 21.4. The molecule has 0 aromatic heterocycles. The van der Waals surface area contributed by atoms with Gasteiger partial charge in [-0.2, -0.15) is 0 Å². The molecule has 36 heavy (non-hydrogen) atoms. The number of amides is 2. The molecule has 4 rings (SSSR count). The van der Waals surface area contributed by atoms with Crippen LogP contribution in [0.3, 0.4) is 0 Å². The van der Waals surface area contributed by atoms with Crippen molar-refractivity contribution in [1.82, 2.24) is 0 Å². The van der Waals surface area contributed by atoms with E-state index in [0.717, 1.165) is 0 Å². The van der Waals surface area contributed by atoms with Gasteiger partial charge < -0.3 is 10.6 Å². The fraction of sp³-hybridized carbons (Fsp3) is 0. The maximum Gasteiger partial charge on any atom is 0.256 e. The minimum atomic E-state index is -0.648. The quantitative estimate of drug-likeness (QED) is 0.222. The topological polar surface area (TPSA) is 58.2 Å². The molecular weight excluding hydrogens is 545 g/mol. The summed E-state index contributed by atoms with van der Waals surface area (Å²) in [5, 5.41) is 5.20. The van der Waals surface area contributed by atoms with Crippen LogP contribution in [0.15, 0.2) is 94.7 Å². The molecule has 0 bridgehead atoms. The maximum atomic E-state index is 14.1. The highest BCUT2D eigenvalue weighted by Crippen LogP contribution is 2.41. The molecule has 2 N–H and O–H groups in total. The second kappa shape index (κ2) is 11.8. The molecule has 0 aliphatic carbocycles. The van der Waals surface area contributed by atoms with Gasteiger partial charge in [0.15, 0.2) is 0 Å². The summed E-state index contributed by atoms with van der Waals surface area (Å²) in [5.74, 6) is -2.37. The summed E-state index contributed by atoms with van der Waals surface area (Å²) in [6, 6.07) is 21.8. The van der Waals surface area contributed by atoms with Gasteiger partial charge in [0.05, 0.1) is 32.5 Å². The van der Waals surface area contributed by atoms with E-state index in [-0.39, 0.29) is 21.4 Å². The van der Waals surface area contributed by atoms with E-state index >= 15 is 0 Å². The maximum absolute atomic E-state index is 14.1. The highest BCUT2D eigenvalue weighted by atomic mass is 35.5. The van der Waals surface area contributed by atoms with E-state index in [1.807, 2.05) is 0 Å². The Kier molecular flexibility index (Phi) is 8.53. The molecule has 2 amide bonds. The Bertz CT molecular complexity index is 1300. The number of para-hydroxylation sites is 2. The Morgan fingerprint density at radius 1 is 0.583 bits per heavy atom. The Labute approximate surface area is 223 Å². The highest BCUT2D eigenvalue weighted by Gasteiger charge is 2.19. The fourth-order valence-corrected chi connectivity index (χ4v) is 5.92. The van der Waals surface area contributed by atoms with Crippen LogP contribution in [0.25, 0.3) is 0 Å². The largest absolute Gasteiger partial charge is 0.318 e. The van der Waals surface area contributed by atoms with E-state index in [2.05, 4.69) is 10.6 Å². The lowest BCUT2D eigenvalue weighted by Crippen LogP contribution is -2.14. The number of rotatable bonds is 7. The van der Waals surface area contributed by atoms with Gasteiger partial charge in [0, 0.05) is 9.79 Å². The molecule has 4 nitrogen and oxygen atoms in total. The summed E-state index contributed by atoms with van der Waals surface area (Å²) in [7, 11) is 2.48. The third kappa shape index (κ3) is 6.02. The van der Waals surface area contributed by atoms with Crippen LogP contribution in [0.5, 0.6) is 0 Å². The van der Waals surface area contributed by atoms with Gasteiger partial charge in [-0.15, -0.1) is 0 Å². The fourth-order valence-electron chi connectivity index (χ4n) is 3.14. The van der Waals surface area contributed by atoms with Crippen LogP contribution >= 0.6 is 44.8 Å². The molecule has 0 atom stereocenters. The SMILES string of the molecule is O=C(Nc1c(F)cccc1Cl)c1ccccc1SSc1ccccc1C(=O)Nc1c(F)cccc1Cl. The first-order valence-electron chi connectivity index (χ1n) is 10.4. The minimum Gasteiger partial charge on any atom is -0.318 e. The Morgan fingerprint density at radius 3 is 1.36 bits per heavy atom. The van der Waals surface area contributed by atoms with Gasteiger partial charge in [0.1, 0.15) is 11.6 Å². The third-order valence-electron chi connectivity index (χ3n) is 4.89. The van der Waals surface area contributed by atoms with Gasteiger partial charge in [-0.3, -0.25) is 9.59 Å². The molecule has 0 fully saturated rings. The summed E-state index contributed by atoms with van der Waals surface area (Å²) >= 11 is 12.1. The molecule has 4 aromatic carbocycles. The molecule has 0 saturated carbocycles. The molecule has 0 saturated heterocycles. The Hall–Kier alpha value is -3.04. The molecule has 4 aromatic rings. The Balaban J connectivity index is 1.53. The average Bonchev–Trinajstić information content (AvgIpc) is 2.87. The first kappa shape index (κ1) is 26.0. The van der Waals surface area contributed by atoms with Crippen LogP contribution in [-0.2, 0) is 0 Å². The van der Waals surface area contributed by atoms with Crippen molar-refractivity contribution in [3.63, 3.8) is 0 Å². The molecule has 0 heterocycles. The molecule has 0 aliphatic heterocycles. The monoisotopic (exact) mass is 560 g/mol. The summed E-state index contributed by atoms with van der Waals surface area (Å²) in [5.41, 5.74) is 0.389. The van der Waals surface area contributed by atoms with Crippen LogP contribution in [0.1, 0.15) is 20.7 Å². The third-order valence-corrected chi connectivity index (χ3v) is 8.00. The van der Waals surface area contributed by atoms with Gasteiger partial charge in [-0.1, -0.05) is 81.2 Å². The van der Waals surface area contributed by atoms with Gasteiger partial charge in [-0.25, -0.2) is 8.78 Å². The zero-order valence-electron chi connectivity index (χ0n) is 18.2. The number of halogens is 4. The van der Waals surface area contributed by atoms with Crippen LogP contribution in [0, 0.1) is 11.6 Å². The molecule has 182 valence electrons. The first-order valence-corrected chi connectivity index (χ1v) is 13.3. The summed E-state index contributed by atoms with van der Waals surface area (Å²) in [6.07, 6.45) is 0. The number of carbonyl (C=O) groups excluding carboxylic acids is 2. The molecule has 0 unspecified atom stereocenters. The van der Waals surface area contributed by atoms with Crippen molar-refractivity contribution in [2.75, 3.05) is 10.6 Å². The lowest BCUT2D eigenvalue weighted by atomic mass is 10.2. The van der Waals surface area contributed by atoms with Crippen molar-refractivity contribution in [2.45, 2.75) is 9.79 Å². The molecule has 10 heteroatoms. The molecular formula is C26H16Cl2F2N2O2S2. The lowest BCUT2D eigenvalue weighted by molar-refractivity contribution is 0.101. The number of hydrogen-bond acceptors (Lipinski definition) is 4. The smallest absolute Gasteiger partial charge is 0.256 e. The van der Waals surface area contributed by atoms with E-state index in [1.54, 1.807) is 48.5 Å². The Morgan fingerprint density at radius 2 is 0.972 bits per heavy atom. The normalized spacial score (nSPS) is 10.7. The van der Waals surface area contributed by atoms with E-state index in [4.69, 9.17) is 23.2 Å². The van der Waals surface area contributed by atoms with Crippen molar-refractivity contribution in [3.8, 4) is 0 Å². The molecule has 0 spiro atoms. The number of anilines is 2. The van der Waals surface area contributed by atoms with Crippen molar-refractivity contribution in [2.24, 2.45) is 0 Å². The van der Waals surface area contributed by atoms with E-state index < -0.39 is 23.4 Å². The minimum absolute atomic E-state index is 0.0813. The predicted molar refractivity (Wildman–Crippen MR) is 143 cm³/mol. The van der Waals surface area contributed by atoms with Crippen LogP contribution < -0.4 is 10.6 Å². The van der Waals surface area contributed by atoms with Gasteiger partial charge in [-0.05, 0) is 48.5 Å². The van der Waals surface area contributed by atoms with Gasteiger partial charge >= 0.3 is 0 Å². The predicted octanol–water partition coefficient (Wildman–Crippen LogP) is 8.58. The van der Waals surface area contributed by atoms with Gasteiger partial charge in [0.25, 0.3) is 11.8 Å². The van der Waals surface area contributed by atoms with Crippen LogP contribution in [-0.4, -0.2) is 11.8 Å². The molecule has 0 aliphatic rings. The van der Waals surface area contributed by atoms with Crippen LogP contribution in [0.4, 0.5) is 20.2 Å². The summed E-state index contributed by atoms with van der Waals surface area (Å²) in [6.45, 7) is 0. The van der Waals surface area contributed by atoms with E-state index in [1.165, 1.54) is 58.0 Å². The second-order valence-corrected chi connectivity index (χ2v) is 10.3. The number of carbonyl (C=O) groups is 2.